The van der Waals surface area contributed by atoms with Crippen LogP contribution in [-0.2, 0) is 65.4 Å². The number of hydrogen-bond donors (Lipinski definition) is 3. The van der Waals surface area contributed by atoms with Crippen molar-refractivity contribution in [3.05, 3.63) is 0 Å². The van der Waals surface area contributed by atoms with E-state index in [0.717, 1.165) is 95.8 Å². The first kappa shape index (κ1) is 98.1. The van der Waals surface area contributed by atoms with Crippen LogP contribution >= 0.6 is 15.6 Å². The number of phosphoric acid groups is 2. The Morgan fingerprint density at radius 2 is 0.460 bits per heavy atom. The van der Waals surface area contributed by atoms with Crippen molar-refractivity contribution >= 4 is 39.5 Å². The Hall–Kier alpha value is -1.94. The molecular formula is C81H158O17P2. The van der Waals surface area contributed by atoms with Gasteiger partial charge in [-0.15, -0.1) is 0 Å². The van der Waals surface area contributed by atoms with Crippen molar-refractivity contribution in [1.29, 1.82) is 0 Å². The molecule has 0 rings (SSSR count). The van der Waals surface area contributed by atoms with Gasteiger partial charge in [0, 0.05) is 25.7 Å². The predicted octanol–water partition coefficient (Wildman–Crippen LogP) is 24.4. The zero-order valence-corrected chi connectivity index (χ0v) is 67.1. The molecule has 0 aromatic heterocycles. The largest absolute Gasteiger partial charge is 0.472 e. The second-order valence-corrected chi connectivity index (χ2v) is 32.5. The maximum Gasteiger partial charge on any atom is 0.472 e. The Labute approximate surface area is 613 Å². The second-order valence-electron chi connectivity index (χ2n) is 29.6. The summed E-state index contributed by atoms with van der Waals surface area (Å²) in [6, 6.07) is 0. The van der Waals surface area contributed by atoms with E-state index in [4.69, 9.17) is 37.0 Å². The van der Waals surface area contributed by atoms with Crippen LogP contribution in [0.25, 0.3) is 0 Å². The smallest absolute Gasteiger partial charge is 0.462 e. The summed E-state index contributed by atoms with van der Waals surface area (Å²) in [5.41, 5.74) is 0. The standard InChI is InChI=1S/C81H158O17P2/c1-6-9-12-15-18-21-24-26-28-29-33-37-40-45-50-55-60-65-79(84)92-71-77(98-81(86)67-62-57-52-47-42-38-34-31-30-32-35-39-43-48-53-58-63-74(4)5)73-96-100(89,90)94-69-75(82)68-93-99(87,88)95-72-76(70-91-78(83)64-59-54-49-44-23-20-17-14-11-8-3)97-80(85)66-61-56-51-46-41-36-27-25-22-19-16-13-10-7-2/h74-77,82H,6-73H2,1-5H3,(H,87,88)(H,89,90)/t75-,76+,77+/m0/s1. The third kappa shape index (κ3) is 74.3. The number of aliphatic hydroxyl groups excluding tert-OH is 1. The Kier molecular flexibility index (Phi) is 72.5. The molecule has 0 saturated carbocycles. The quantitative estimate of drug-likeness (QED) is 0.0222. The molecule has 0 saturated heterocycles. The highest BCUT2D eigenvalue weighted by Crippen LogP contribution is 2.45. The number of hydrogen-bond acceptors (Lipinski definition) is 15. The average Bonchev–Trinajstić information content (AvgIpc) is 1.12. The molecule has 2 unspecified atom stereocenters. The van der Waals surface area contributed by atoms with Crippen LogP contribution in [0.4, 0.5) is 0 Å². The predicted molar refractivity (Wildman–Crippen MR) is 409 cm³/mol. The molecule has 0 aliphatic rings. The van der Waals surface area contributed by atoms with E-state index in [1.54, 1.807) is 0 Å². The highest BCUT2D eigenvalue weighted by Gasteiger charge is 2.30. The highest BCUT2D eigenvalue weighted by atomic mass is 31.2. The number of unbranched alkanes of at least 4 members (excludes halogenated alkanes) is 53. The monoisotopic (exact) mass is 1470 g/mol. The van der Waals surface area contributed by atoms with Crippen molar-refractivity contribution < 1.29 is 80.2 Å². The normalized spacial score (nSPS) is 13.8. The highest BCUT2D eigenvalue weighted by molar-refractivity contribution is 7.47. The molecular weight excluding hydrogens is 1310 g/mol. The summed E-state index contributed by atoms with van der Waals surface area (Å²) in [4.78, 5) is 73.0. The third-order valence-electron chi connectivity index (χ3n) is 19.0. The molecule has 0 spiro atoms. The Bertz CT molecular complexity index is 1910. The summed E-state index contributed by atoms with van der Waals surface area (Å²) in [5.74, 6) is -1.30. The van der Waals surface area contributed by atoms with E-state index < -0.39 is 97.5 Å². The van der Waals surface area contributed by atoms with Crippen molar-refractivity contribution in [3.8, 4) is 0 Å². The SMILES string of the molecule is CCCCCCCCCCCCCCCCCCCC(=O)OC[C@H](COP(=O)(O)OC[C@@H](O)COP(=O)(O)OC[C@@H](COC(=O)CCCCCCCCCCCC)OC(=O)CCCCCCCCCCCCCCCC)OC(=O)CCCCCCCCCCCCCCCCCCC(C)C. The number of aliphatic hydroxyl groups is 1. The summed E-state index contributed by atoms with van der Waals surface area (Å²) in [7, 11) is -9.92. The lowest BCUT2D eigenvalue weighted by molar-refractivity contribution is -0.161. The lowest BCUT2D eigenvalue weighted by atomic mass is 10.0. The second kappa shape index (κ2) is 73.9. The number of carbonyl (C=O) groups excluding carboxylic acids is 4. The maximum absolute atomic E-state index is 13.1. The van der Waals surface area contributed by atoms with Gasteiger partial charge in [-0.3, -0.25) is 37.3 Å². The fourth-order valence-electron chi connectivity index (χ4n) is 12.6. The van der Waals surface area contributed by atoms with Gasteiger partial charge >= 0.3 is 39.5 Å². The molecule has 0 radical (unpaired) electrons. The maximum atomic E-state index is 13.1. The molecule has 19 heteroatoms. The minimum Gasteiger partial charge on any atom is -0.462 e. The van der Waals surface area contributed by atoms with Gasteiger partial charge in [0.2, 0.25) is 0 Å². The van der Waals surface area contributed by atoms with Crippen LogP contribution in [0.2, 0.25) is 0 Å². The van der Waals surface area contributed by atoms with E-state index in [2.05, 4.69) is 34.6 Å². The van der Waals surface area contributed by atoms with Crippen molar-refractivity contribution in [2.75, 3.05) is 39.6 Å². The molecule has 17 nitrogen and oxygen atoms in total. The molecule has 0 aromatic carbocycles. The number of rotatable bonds is 81. The number of ether oxygens (including phenoxy) is 4. The van der Waals surface area contributed by atoms with Crippen LogP contribution in [-0.4, -0.2) is 96.7 Å². The first-order chi connectivity index (χ1) is 48.5. The molecule has 0 aromatic rings. The van der Waals surface area contributed by atoms with Gasteiger partial charge < -0.3 is 33.8 Å². The van der Waals surface area contributed by atoms with E-state index in [1.807, 2.05) is 0 Å². The van der Waals surface area contributed by atoms with E-state index >= 15 is 0 Å². The van der Waals surface area contributed by atoms with E-state index in [1.165, 1.54) is 257 Å². The van der Waals surface area contributed by atoms with Gasteiger partial charge in [-0.2, -0.15) is 0 Å². The molecule has 0 heterocycles. The van der Waals surface area contributed by atoms with E-state index in [-0.39, 0.29) is 25.7 Å². The lowest BCUT2D eigenvalue weighted by Gasteiger charge is -2.21. The molecule has 0 fully saturated rings. The van der Waals surface area contributed by atoms with Crippen molar-refractivity contribution in [1.82, 2.24) is 0 Å². The Morgan fingerprint density at radius 3 is 0.680 bits per heavy atom. The minimum atomic E-state index is -4.96. The fourth-order valence-corrected chi connectivity index (χ4v) is 14.2. The summed E-state index contributed by atoms with van der Waals surface area (Å²) in [6.07, 6.45) is 65.1. The molecule has 100 heavy (non-hydrogen) atoms. The number of esters is 4. The van der Waals surface area contributed by atoms with Crippen LogP contribution in [0.3, 0.4) is 0 Å². The Morgan fingerprint density at radius 1 is 0.270 bits per heavy atom. The van der Waals surface area contributed by atoms with Crippen molar-refractivity contribution in [2.45, 2.75) is 451 Å². The third-order valence-corrected chi connectivity index (χ3v) is 20.9. The van der Waals surface area contributed by atoms with Gasteiger partial charge in [0.05, 0.1) is 26.4 Å². The molecule has 0 aliphatic carbocycles. The van der Waals surface area contributed by atoms with E-state index in [0.29, 0.717) is 25.7 Å². The van der Waals surface area contributed by atoms with Gasteiger partial charge in [0.1, 0.15) is 19.3 Å². The number of phosphoric ester groups is 2. The summed E-state index contributed by atoms with van der Waals surface area (Å²) >= 11 is 0. The van der Waals surface area contributed by atoms with E-state index in [9.17, 15) is 43.2 Å². The van der Waals surface area contributed by atoms with Crippen LogP contribution in [0.1, 0.15) is 433 Å². The van der Waals surface area contributed by atoms with Crippen LogP contribution in [0.5, 0.6) is 0 Å². The van der Waals surface area contributed by atoms with Crippen molar-refractivity contribution in [3.63, 3.8) is 0 Å². The Balaban J connectivity index is 5.23. The fraction of sp³-hybridized carbons (Fsp3) is 0.951. The lowest BCUT2D eigenvalue weighted by Crippen LogP contribution is -2.30. The van der Waals surface area contributed by atoms with Gasteiger partial charge in [0.25, 0.3) is 0 Å². The molecule has 0 bridgehead atoms. The van der Waals surface area contributed by atoms with Crippen molar-refractivity contribution in [2.24, 2.45) is 5.92 Å². The topological polar surface area (TPSA) is 237 Å². The minimum absolute atomic E-state index is 0.108. The van der Waals surface area contributed by atoms with Crippen LogP contribution in [0, 0.1) is 5.92 Å². The molecule has 594 valence electrons. The molecule has 0 aliphatic heterocycles. The first-order valence-electron chi connectivity index (χ1n) is 42.1. The zero-order valence-electron chi connectivity index (χ0n) is 65.3. The number of carbonyl (C=O) groups is 4. The van der Waals surface area contributed by atoms with Crippen LogP contribution < -0.4 is 0 Å². The molecule has 0 amide bonds. The molecule has 5 atom stereocenters. The molecule has 3 N–H and O–H groups in total. The summed E-state index contributed by atoms with van der Waals surface area (Å²) in [5, 5.41) is 10.6. The van der Waals surface area contributed by atoms with Gasteiger partial charge in [-0.1, -0.05) is 381 Å². The van der Waals surface area contributed by atoms with Crippen LogP contribution in [0.15, 0.2) is 0 Å². The van der Waals surface area contributed by atoms with Gasteiger partial charge in [0.15, 0.2) is 12.2 Å². The summed E-state index contributed by atoms with van der Waals surface area (Å²) < 4.78 is 68.7. The van der Waals surface area contributed by atoms with Gasteiger partial charge in [-0.05, 0) is 31.6 Å². The summed E-state index contributed by atoms with van der Waals surface area (Å²) in [6.45, 7) is 7.36. The average molecular weight is 1470 g/mol. The van der Waals surface area contributed by atoms with Gasteiger partial charge in [-0.25, -0.2) is 9.13 Å². The first-order valence-corrected chi connectivity index (χ1v) is 45.1. The zero-order chi connectivity index (χ0) is 73.4.